The summed E-state index contributed by atoms with van der Waals surface area (Å²) in [6.07, 6.45) is 0.791. The van der Waals surface area contributed by atoms with E-state index in [1.165, 1.54) is 24.3 Å². The van der Waals surface area contributed by atoms with Crippen LogP contribution in [0.4, 0.5) is 11.4 Å². The highest BCUT2D eigenvalue weighted by molar-refractivity contribution is 8.55. The Balaban J connectivity index is 2.72. The Morgan fingerprint density at radius 1 is 1.50 bits per heavy atom. The van der Waals surface area contributed by atoms with Gasteiger partial charge in [-0.1, -0.05) is 6.92 Å². The van der Waals surface area contributed by atoms with Gasteiger partial charge < -0.3 is 10.2 Å². The predicted molar refractivity (Wildman–Crippen MR) is 82.4 cm³/mol. The summed E-state index contributed by atoms with van der Waals surface area (Å²) in [6.45, 7) is -0.112. The number of nitro benzene ring substituents is 1. The second kappa shape index (κ2) is 7.42. The van der Waals surface area contributed by atoms with Gasteiger partial charge in [-0.25, -0.2) is 0 Å². The molecule has 0 radical (unpaired) electrons. The van der Waals surface area contributed by atoms with Gasteiger partial charge in [0.15, 0.2) is 0 Å². The zero-order valence-corrected chi connectivity index (χ0v) is 12.9. The first-order valence-corrected chi connectivity index (χ1v) is 9.10. The molecule has 1 aromatic carbocycles. The van der Waals surface area contributed by atoms with Crippen molar-refractivity contribution in [3.63, 3.8) is 0 Å². The number of amidine groups is 1. The third-order valence-corrected chi connectivity index (χ3v) is 5.42. The van der Waals surface area contributed by atoms with Crippen LogP contribution in [0.1, 0.15) is 20.3 Å². The normalized spacial score (nSPS) is 14.7. The van der Waals surface area contributed by atoms with Gasteiger partial charge in [0.05, 0.1) is 4.92 Å². The lowest BCUT2D eigenvalue weighted by Crippen LogP contribution is -2.06. The summed E-state index contributed by atoms with van der Waals surface area (Å²) in [6, 6.07) is 5.72. The Bertz CT molecular complexity index is 547. The van der Waals surface area contributed by atoms with Gasteiger partial charge in [-0.3, -0.25) is 14.7 Å². The van der Waals surface area contributed by atoms with E-state index in [1.807, 2.05) is 6.92 Å². The van der Waals surface area contributed by atoms with E-state index in [0.29, 0.717) is 11.4 Å². The average Bonchev–Trinajstić information content (AvgIpc) is 2.36. The van der Waals surface area contributed by atoms with Gasteiger partial charge >= 0.3 is 6.72 Å². The van der Waals surface area contributed by atoms with Crippen LogP contribution in [0.3, 0.4) is 0 Å². The van der Waals surface area contributed by atoms with Crippen molar-refractivity contribution >= 4 is 35.3 Å². The number of hydrogen-bond acceptors (Lipinski definition) is 4. The summed E-state index contributed by atoms with van der Waals surface area (Å²) in [5.41, 5.74) is 0.550. The van der Waals surface area contributed by atoms with Gasteiger partial charge in [-0.15, -0.1) is 0 Å². The first-order valence-electron chi connectivity index (χ1n) is 5.89. The van der Waals surface area contributed by atoms with E-state index < -0.39 is 11.6 Å². The van der Waals surface area contributed by atoms with Crippen molar-refractivity contribution in [2.75, 3.05) is 11.1 Å². The molecule has 1 unspecified atom stereocenters. The fraction of sp³-hybridized carbons (Fsp3) is 0.364. The summed E-state index contributed by atoms with van der Waals surface area (Å²) in [5, 5.41) is 13.3. The van der Waals surface area contributed by atoms with Crippen LogP contribution < -0.4 is 5.32 Å². The van der Waals surface area contributed by atoms with E-state index in [2.05, 4.69) is 10.1 Å². The van der Waals surface area contributed by atoms with Gasteiger partial charge in [-0.2, -0.15) is 4.76 Å². The lowest BCUT2D eigenvalue weighted by atomic mass is 10.3. The largest absolute Gasteiger partial charge is 0.370 e. The second-order valence-electron chi connectivity index (χ2n) is 3.94. The topological polar surface area (TPSA) is 105 Å². The third kappa shape index (κ3) is 5.73. The number of anilines is 1. The Morgan fingerprint density at radius 3 is 2.60 bits per heavy atom. The maximum atomic E-state index is 11.7. The molecule has 0 saturated heterocycles. The summed E-state index contributed by atoms with van der Waals surface area (Å²) in [4.78, 5) is 19.6. The Kier molecular flexibility index (Phi) is 6.19. The zero-order chi connectivity index (χ0) is 15.2. The molecular weight excluding hydrogens is 301 g/mol. The highest BCUT2D eigenvalue weighted by Crippen LogP contribution is 2.56. The monoisotopic (exact) mass is 317 g/mol. The molecule has 7 nitrogen and oxygen atoms in total. The first-order chi connectivity index (χ1) is 9.34. The summed E-state index contributed by atoms with van der Waals surface area (Å²) in [5.74, 6) is 0.843. The van der Waals surface area contributed by atoms with Crippen molar-refractivity contribution in [3.05, 3.63) is 34.4 Å². The molecular formula is C11H16N3O4PS. The molecule has 0 aliphatic rings. The molecule has 20 heavy (non-hydrogen) atoms. The van der Waals surface area contributed by atoms with Crippen LogP contribution >= 0.6 is 18.1 Å². The van der Waals surface area contributed by atoms with E-state index in [9.17, 15) is 19.6 Å². The molecule has 1 rings (SSSR count). The van der Waals surface area contributed by atoms with Crippen LogP contribution in [0, 0.1) is 10.1 Å². The highest BCUT2D eigenvalue weighted by Gasteiger charge is 2.17. The van der Waals surface area contributed by atoms with Gasteiger partial charge in [0, 0.05) is 23.6 Å². The molecule has 2 N–H and O–H groups in total. The third-order valence-electron chi connectivity index (χ3n) is 2.14. The van der Waals surface area contributed by atoms with Crippen LogP contribution in [0.25, 0.3) is 0 Å². The smallest absolute Gasteiger partial charge is 0.344 e. The van der Waals surface area contributed by atoms with Crippen molar-refractivity contribution in [1.82, 2.24) is 0 Å². The van der Waals surface area contributed by atoms with Crippen LogP contribution in [0.15, 0.2) is 29.0 Å². The summed E-state index contributed by atoms with van der Waals surface area (Å²) >= 11 is 0.918. The van der Waals surface area contributed by atoms with Gasteiger partial charge in [-0.05, 0) is 36.9 Å². The van der Waals surface area contributed by atoms with Gasteiger partial charge in [0.1, 0.15) is 5.84 Å². The number of nitro groups is 1. The highest BCUT2D eigenvalue weighted by atomic mass is 32.7. The first kappa shape index (κ1) is 16.7. The number of non-ortho nitro benzene ring substituents is 1. The van der Waals surface area contributed by atoms with E-state index >= 15 is 0 Å². The fourth-order valence-corrected chi connectivity index (χ4v) is 4.04. The maximum absolute atomic E-state index is 11.7. The zero-order valence-electron chi connectivity index (χ0n) is 11.1. The molecule has 0 aromatic heterocycles. The molecule has 0 aliphatic heterocycles. The summed E-state index contributed by atoms with van der Waals surface area (Å²) in [7, 11) is 0. The minimum absolute atomic E-state index is 0.0172. The van der Waals surface area contributed by atoms with Crippen molar-refractivity contribution < 1.29 is 14.4 Å². The molecule has 1 atom stereocenters. The molecule has 0 fully saturated rings. The minimum Gasteiger partial charge on any atom is -0.344 e. The van der Waals surface area contributed by atoms with Gasteiger partial charge in [0.2, 0.25) is 0 Å². The van der Waals surface area contributed by atoms with Crippen LogP contribution in [-0.2, 0) is 4.57 Å². The van der Waals surface area contributed by atoms with Crippen molar-refractivity contribution in [3.8, 4) is 0 Å². The summed E-state index contributed by atoms with van der Waals surface area (Å²) < 4.78 is 15.5. The van der Waals surface area contributed by atoms with E-state index in [4.69, 9.17) is 0 Å². The number of hydrogen-bond donors (Lipinski definition) is 2. The minimum atomic E-state index is -3.59. The van der Waals surface area contributed by atoms with E-state index in [0.717, 1.165) is 17.8 Å². The Morgan fingerprint density at radius 2 is 2.10 bits per heavy atom. The molecule has 0 saturated carbocycles. The molecule has 0 bridgehead atoms. The van der Waals surface area contributed by atoms with Crippen LogP contribution in [-0.4, -0.2) is 21.4 Å². The number of rotatable bonds is 6. The lowest BCUT2D eigenvalue weighted by molar-refractivity contribution is -0.384. The lowest BCUT2D eigenvalue weighted by Gasteiger charge is -2.08. The molecule has 0 spiro atoms. The molecule has 9 heteroatoms. The maximum Gasteiger partial charge on any atom is 0.370 e. The second-order valence-corrected chi connectivity index (χ2v) is 7.99. The predicted octanol–water partition coefficient (Wildman–Crippen LogP) is 3.67. The molecule has 1 aromatic rings. The quantitative estimate of drug-likeness (QED) is 0.273. The molecule has 0 heterocycles. The molecule has 110 valence electrons. The van der Waals surface area contributed by atoms with Gasteiger partial charge in [0.25, 0.3) is 5.69 Å². The standard InChI is InChI=1S/C11H16N3O4PS/c1-3-8-20-19(17,18)13-9(2)12-10-4-6-11(7-5-10)14(15)16/h4-7H,3,8H2,1-2H3,(H2,12,13,17,18). The average molecular weight is 317 g/mol. The number of nitrogens with one attached hydrogen (secondary N) is 1. The van der Waals surface area contributed by atoms with Crippen molar-refractivity contribution in [2.45, 2.75) is 20.3 Å². The number of nitrogens with zero attached hydrogens (tertiary/aromatic N) is 2. The van der Waals surface area contributed by atoms with Crippen molar-refractivity contribution in [1.29, 1.82) is 0 Å². The molecule has 0 amide bonds. The van der Waals surface area contributed by atoms with Crippen LogP contribution in [0.2, 0.25) is 0 Å². The van der Waals surface area contributed by atoms with Crippen LogP contribution in [0.5, 0.6) is 0 Å². The Hall–Kier alpha value is -1.37. The molecule has 0 aliphatic carbocycles. The number of benzene rings is 1. The SMILES string of the molecule is CCCSP(=O)(O)N=C(C)Nc1ccc([N+](=O)[O-])cc1. The Labute approximate surface area is 120 Å². The van der Waals surface area contributed by atoms with E-state index in [1.54, 1.807) is 6.92 Å². The van der Waals surface area contributed by atoms with Crippen molar-refractivity contribution in [2.24, 2.45) is 4.76 Å². The fourth-order valence-electron chi connectivity index (χ4n) is 1.33. The van der Waals surface area contributed by atoms with E-state index in [-0.39, 0.29) is 11.5 Å².